The standard InChI is InChI=1S/C16H16ClN3O3/c1-5-11(17)8-12(6-2)18-16(21)14-10(4)19-23-15(14)13-7-9(3)22-20-13/h5-8H,1H2,2-4H3,(H,18,21)/b11-8+,12-6+. The summed E-state index contributed by atoms with van der Waals surface area (Å²) in [5.74, 6) is 0.485. The van der Waals surface area contributed by atoms with E-state index in [4.69, 9.17) is 20.6 Å². The number of carbonyl (C=O) groups excluding carboxylic acids is 1. The van der Waals surface area contributed by atoms with Gasteiger partial charge in [-0.1, -0.05) is 40.6 Å². The maximum Gasteiger partial charge on any atom is 0.261 e. The number of halogens is 1. The number of hydrogen-bond acceptors (Lipinski definition) is 5. The molecule has 0 aliphatic heterocycles. The van der Waals surface area contributed by atoms with Gasteiger partial charge in [0.2, 0.25) is 5.76 Å². The van der Waals surface area contributed by atoms with Crippen molar-refractivity contribution in [3.05, 3.63) is 58.6 Å². The Labute approximate surface area is 138 Å². The number of rotatable bonds is 5. The highest BCUT2D eigenvalue weighted by Crippen LogP contribution is 2.26. The average Bonchev–Trinajstić information content (AvgIpc) is 3.11. The SMILES string of the molecule is C=C/C(Cl)=C\C(=C/C)NC(=O)c1c(C)noc1-c1cc(C)on1. The lowest BCUT2D eigenvalue weighted by molar-refractivity contribution is 0.0966. The van der Waals surface area contributed by atoms with Crippen molar-refractivity contribution >= 4 is 17.5 Å². The van der Waals surface area contributed by atoms with E-state index in [1.807, 2.05) is 0 Å². The molecule has 0 radical (unpaired) electrons. The molecule has 0 aromatic carbocycles. The fraction of sp³-hybridized carbons (Fsp3) is 0.188. The van der Waals surface area contributed by atoms with Crippen molar-refractivity contribution in [1.82, 2.24) is 15.6 Å². The van der Waals surface area contributed by atoms with Crippen LogP contribution in [0.2, 0.25) is 0 Å². The van der Waals surface area contributed by atoms with Crippen molar-refractivity contribution in [1.29, 1.82) is 0 Å². The third kappa shape index (κ3) is 3.78. The fourth-order valence-electron chi connectivity index (χ4n) is 1.88. The van der Waals surface area contributed by atoms with Crippen LogP contribution in [0.4, 0.5) is 0 Å². The molecule has 0 saturated heterocycles. The molecule has 0 fully saturated rings. The van der Waals surface area contributed by atoms with Gasteiger partial charge in [0.05, 0.1) is 5.69 Å². The lowest BCUT2D eigenvalue weighted by atomic mass is 10.1. The first-order chi connectivity index (χ1) is 11.0. The summed E-state index contributed by atoms with van der Waals surface area (Å²) in [7, 11) is 0. The second-order valence-electron chi connectivity index (χ2n) is 4.73. The van der Waals surface area contributed by atoms with Crippen molar-refractivity contribution in [3.63, 3.8) is 0 Å². The fourth-order valence-corrected chi connectivity index (χ4v) is 2.00. The van der Waals surface area contributed by atoms with Crippen LogP contribution in [0.1, 0.15) is 28.7 Å². The van der Waals surface area contributed by atoms with E-state index in [-0.39, 0.29) is 11.7 Å². The van der Waals surface area contributed by atoms with Crippen LogP contribution in [0.15, 0.2) is 50.6 Å². The second-order valence-corrected chi connectivity index (χ2v) is 5.16. The van der Waals surface area contributed by atoms with Crippen molar-refractivity contribution in [3.8, 4) is 11.5 Å². The summed E-state index contributed by atoms with van der Waals surface area (Å²) < 4.78 is 10.2. The van der Waals surface area contributed by atoms with Gasteiger partial charge in [-0.15, -0.1) is 0 Å². The van der Waals surface area contributed by atoms with Crippen LogP contribution in [0.25, 0.3) is 11.5 Å². The molecule has 0 spiro atoms. The molecule has 2 aromatic heterocycles. The molecule has 23 heavy (non-hydrogen) atoms. The van der Waals surface area contributed by atoms with Crippen molar-refractivity contribution in [2.75, 3.05) is 0 Å². The van der Waals surface area contributed by atoms with E-state index >= 15 is 0 Å². The topological polar surface area (TPSA) is 81.2 Å². The minimum absolute atomic E-state index is 0.256. The Morgan fingerprint density at radius 2 is 2.09 bits per heavy atom. The molecular formula is C16H16ClN3O3. The van der Waals surface area contributed by atoms with E-state index in [9.17, 15) is 4.79 Å². The van der Waals surface area contributed by atoms with Gasteiger partial charge in [0, 0.05) is 16.8 Å². The van der Waals surface area contributed by atoms with Crippen LogP contribution in [-0.4, -0.2) is 16.2 Å². The number of nitrogens with zero attached hydrogens (tertiary/aromatic N) is 2. The quantitative estimate of drug-likeness (QED) is 0.839. The summed E-state index contributed by atoms with van der Waals surface area (Å²) >= 11 is 5.91. The van der Waals surface area contributed by atoms with Crippen LogP contribution in [0, 0.1) is 13.8 Å². The van der Waals surface area contributed by atoms with Gasteiger partial charge in [-0.25, -0.2) is 0 Å². The molecule has 120 valence electrons. The summed E-state index contributed by atoms with van der Waals surface area (Å²) in [4.78, 5) is 12.6. The van der Waals surface area contributed by atoms with Gasteiger partial charge in [-0.3, -0.25) is 4.79 Å². The van der Waals surface area contributed by atoms with E-state index in [0.29, 0.717) is 33.4 Å². The predicted octanol–water partition coefficient (Wildman–Crippen LogP) is 3.89. The van der Waals surface area contributed by atoms with Crippen LogP contribution in [0.3, 0.4) is 0 Å². The first-order valence-corrected chi connectivity index (χ1v) is 7.21. The zero-order valence-corrected chi connectivity index (χ0v) is 13.8. The molecule has 0 unspecified atom stereocenters. The largest absolute Gasteiger partial charge is 0.361 e. The summed E-state index contributed by atoms with van der Waals surface area (Å²) in [6.45, 7) is 8.77. The normalized spacial score (nSPS) is 12.3. The highest BCUT2D eigenvalue weighted by Gasteiger charge is 2.24. The van der Waals surface area contributed by atoms with Gasteiger partial charge in [0.25, 0.3) is 5.91 Å². The second kappa shape index (κ2) is 7.11. The summed E-state index contributed by atoms with van der Waals surface area (Å²) in [6.07, 6.45) is 4.78. The van der Waals surface area contributed by atoms with Crippen molar-refractivity contribution in [2.24, 2.45) is 0 Å². The van der Waals surface area contributed by atoms with Gasteiger partial charge >= 0.3 is 0 Å². The smallest absolute Gasteiger partial charge is 0.261 e. The number of hydrogen-bond donors (Lipinski definition) is 1. The Hall–Kier alpha value is -2.60. The van der Waals surface area contributed by atoms with E-state index in [1.54, 1.807) is 39.0 Å². The minimum Gasteiger partial charge on any atom is -0.361 e. The molecule has 0 aliphatic carbocycles. The third-order valence-corrected chi connectivity index (χ3v) is 3.27. The number of aryl methyl sites for hydroxylation is 2. The Kier molecular flexibility index (Phi) is 5.18. The monoisotopic (exact) mass is 333 g/mol. The number of nitrogens with one attached hydrogen (secondary N) is 1. The van der Waals surface area contributed by atoms with Crippen LogP contribution >= 0.6 is 11.6 Å². The maximum absolute atomic E-state index is 12.6. The molecule has 6 nitrogen and oxygen atoms in total. The predicted molar refractivity (Wildman–Crippen MR) is 86.8 cm³/mol. The molecular weight excluding hydrogens is 318 g/mol. The number of aromatic nitrogens is 2. The van der Waals surface area contributed by atoms with Crippen LogP contribution < -0.4 is 5.32 Å². The van der Waals surface area contributed by atoms with Gasteiger partial charge < -0.3 is 14.4 Å². The van der Waals surface area contributed by atoms with Crippen LogP contribution in [-0.2, 0) is 0 Å². The van der Waals surface area contributed by atoms with Crippen molar-refractivity contribution in [2.45, 2.75) is 20.8 Å². The average molecular weight is 334 g/mol. The number of carbonyl (C=O) groups is 1. The molecule has 2 rings (SSSR count). The summed E-state index contributed by atoms with van der Waals surface area (Å²) in [6, 6.07) is 1.67. The molecule has 0 aliphatic rings. The Bertz CT molecular complexity index is 799. The Balaban J connectivity index is 2.33. The summed E-state index contributed by atoms with van der Waals surface area (Å²) in [5.41, 5.74) is 1.69. The lowest BCUT2D eigenvalue weighted by Gasteiger charge is -2.06. The highest BCUT2D eigenvalue weighted by molar-refractivity contribution is 6.31. The molecule has 2 heterocycles. The van der Waals surface area contributed by atoms with Gasteiger partial charge in [-0.2, -0.15) is 0 Å². The maximum atomic E-state index is 12.6. The van der Waals surface area contributed by atoms with E-state index < -0.39 is 0 Å². The summed E-state index contributed by atoms with van der Waals surface area (Å²) in [5, 5.41) is 10.8. The minimum atomic E-state index is -0.378. The van der Waals surface area contributed by atoms with Gasteiger partial charge in [0.15, 0.2) is 5.69 Å². The molecule has 7 heteroatoms. The number of amides is 1. The third-order valence-electron chi connectivity index (χ3n) is 3.01. The Morgan fingerprint density at radius 1 is 1.35 bits per heavy atom. The van der Waals surface area contributed by atoms with E-state index in [2.05, 4.69) is 22.2 Å². The molecule has 0 bridgehead atoms. The van der Waals surface area contributed by atoms with Gasteiger partial charge in [0.1, 0.15) is 11.3 Å². The lowest BCUT2D eigenvalue weighted by Crippen LogP contribution is -2.23. The first-order valence-electron chi connectivity index (χ1n) is 6.83. The van der Waals surface area contributed by atoms with Crippen molar-refractivity contribution < 1.29 is 13.8 Å². The van der Waals surface area contributed by atoms with E-state index in [1.165, 1.54) is 6.08 Å². The first kappa shape index (κ1) is 16.8. The highest BCUT2D eigenvalue weighted by atomic mass is 35.5. The van der Waals surface area contributed by atoms with E-state index in [0.717, 1.165) is 0 Å². The molecule has 2 aromatic rings. The Morgan fingerprint density at radius 3 is 2.65 bits per heavy atom. The molecule has 0 atom stereocenters. The zero-order valence-electron chi connectivity index (χ0n) is 13.0. The zero-order chi connectivity index (χ0) is 17.0. The molecule has 0 saturated carbocycles. The van der Waals surface area contributed by atoms with Gasteiger partial charge in [-0.05, 0) is 26.8 Å². The number of allylic oxidation sites excluding steroid dienone is 4. The molecule has 1 N–H and O–H groups in total. The van der Waals surface area contributed by atoms with Crippen LogP contribution in [0.5, 0.6) is 0 Å². The molecule has 1 amide bonds.